The lowest BCUT2D eigenvalue weighted by Gasteiger charge is -2.40. The summed E-state index contributed by atoms with van der Waals surface area (Å²) in [5.74, 6) is 0. The molecule has 104 valence electrons. The lowest BCUT2D eigenvalue weighted by molar-refractivity contribution is 0.163. The van der Waals surface area contributed by atoms with E-state index in [-0.39, 0.29) is 12.1 Å². The van der Waals surface area contributed by atoms with E-state index in [0.717, 1.165) is 24.9 Å². The minimum Gasteiger partial charge on any atom is -0.452 e. The number of para-hydroxylation sites is 1. The Balaban J connectivity index is 2.26. The molecule has 0 radical (unpaired) electrons. The number of anilines is 1. The zero-order valence-corrected chi connectivity index (χ0v) is 12.1. The van der Waals surface area contributed by atoms with Gasteiger partial charge in [-0.2, -0.15) is 0 Å². The van der Waals surface area contributed by atoms with Gasteiger partial charge in [0.05, 0.1) is 7.11 Å². The fourth-order valence-electron chi connectivity index (χ4n) is 3.03. The first kappa shape index (κ1) is 13.9. The molecule has 0 aliphatic heterocycles. The van der Waals surface area contributed by atoms with Crippen molar-refractivity contribution in [3.63, 3.8) is 0 Å². The molecule has 1 aliphatic carbocycles. The normalized spacial score (nSPS) is 21.7. The molecule has 19 heavy (non-hydrogen) atoms. The summed E-state index contributed by atoms with van der Waals surface area (Å²) in [6, 6.07) is 10.1. The smallest absolute Gasteiger partial charge is 0.414 e. The molecule has 3 heteroatoms. The van der Waals surface area contributed by atoms with Gasteiger partial charge in [-0.15, -0.1) is 0 Å². The molecule has 3 nitrogen and oxygen atoms in total. The maximum atomic E-state index is 12.1. The van der Waals surface area contributed by atoms with Gasteiger partial charge >= 0.3 is 6.09 Å². The Morgan fingerprint density at radius 2 is 2.00 bits per heavy atom. The first-order valence-corrected chi connectivity index (χ1v) is 6.96. The van der Waals surface area contributed by atoms with Gasteiger partial charge in [-0.25, -0.2) is 4.79 Å². The topological polar surface area (TPSA) is 29.5 Å². The summed E-state index contributed by atoms with van der Waals surface area (Å²) in [4.78, 5) is 13.9. The maximum absolute atomic E-state index is 12.1. The number of benzene rings is 1. The summed E-state index contributed by atoms with van der Waals surface area (Å²) in [7, 11) is 1.45. The SMILES string of the molecule is COC(=O)N(c1ccccc1)C1CCCC(C)(C)C1. The van der Waals surface area contributed by atoms with E-state index in [9.17, 15) is 4.79 Å². The van der Waals surface area contributed by atoms with E-state index in [1.54, 1.807) is 0 Å². The number of carbonyl (C=O) groups is 1. The van der Waals surface area contributed by atoms with Crippen LogP contribution in [0.1, 0.15) is 39.5 Å². The molecule has 1 aliphatic rings. The summed E-state index contributed by atoms with van der Waals surface area (Å²) in [6.07, 6.45) is 4.21. The number of hydrogen-bond donors (Lipinski definition) is 0. The number of carbonyl (C=O) groups excluding carboxylic acids is 1. The van der Waals surface area contributed by atoms with Gasteiger partial charge in [-0.1, -0.05) is 38.5 Å². The second-order valence-electron chi connectivity index (χ2n) is 6.09. The van der Waals surface area contributed by atoms with Crippen LogP contribution in [0.4, 0.5) is 10.5 Å². The van der Waals surface area contributed by atoms with Crippen LogP contribution in [0.2, 0.25) is 0 Å². The third kappa shape index (κ3) is 3.28. The predicted octanol–water partition coefficient (Wildman–Crippen LogP) is 4.23. The molecule has 0 heterocycles. The average molecular weight is 261 g/mol. The zero-order valence-electron chi connectivity index (χ0n) is 12.1. The van der Waals surface area contributed by atoms with E-state index in [4.69, 9.17) is 4.74 Å². The first-order chi connectivity index (χ1) is 9.03. The van der Waals surface area contributed by atoms with Gasteiger partial charge in [0.2, 0.25) is 0 Å². The highest BCUT2D eigenvalue weighted by molar-refractivity contribution is 5.88. The zero-order chi connectivity index (χ0) is 13.9. The van der Waals surface area contributed by atoms with Gasteiger partial charge in [0.1, 0.15) is 0 Å². The largest absolute Gasteiger partial charge is 0.452 e. The summed E-state index contributed by atoms with van der Waals surface area (Å²) < 4.78 is 4.98. The molecule has 1 atom stereocenters. The Bertz CT molecular complexity index is 428. The van der Waals surface area contributed by atoms with Crippen molar-refractivity contribution in [3.8, 4) is 0 Å². The number of methoxy groups -OCH3 is 1. The van der Waals surface area contributed by atoms with Crippen LogP contribution in [0.15, 0.2) is 30.3 Å². The van der Waals surface area contributed by atoms with Gasteiger partial charge in [-0.3, -0.25) is 4.90 Å². The van der Waals surface area contributed by atoms with Crippen LogP contribution in [0.25, 0.3) is 0 Å². The van der Waals surface area contributed by atoms with E-state index in [1.807, 2.05) is 35.2 Å². The van der Waals surface area contributed by atoms with Crippen molar-refractivity contribution in [3.05, 3.63) is 30.3 Å². The number of nitrogens with zero attached hydrogens (tertiary/aromatic N) is 1. The van der Waals surface area contributed by atoms with E-state index in [1.165, 1.54) is 13.5 Å². The predicted molar refractivity (Wildman–Crippen MR) is 77.4 cm³/mol. The summed E-state index contributed by atoms with van der Waals surface area (Å²) in [6.45, 7) is 4.55. The van der Waals surface area contributed by atoms with E-state index >= 15 is 0 Å². The van der Waals surface area contributed by atoms with Crippen LogP contribution in [0, 0.1) is 5.41 Å². The van der Waals surface area contributed by atoms with Crippen molar-refractivity contribution in [1.82, 2.24) is 0 Å². The van der Waals surface area contributed by atoms with Crippen molar-refractivity contribution in [2.45, 2.75) is 45.6 Å². The molecule has 1 saturated carbocycles. The Kier molecular flexibility index (Phi) is 4.13. The Hall–Kier alpha value is -1.51. The fraction of sp³-hybridized carbons (Fsp3) is 0.562. The molecule has 2 rings (SSSR count). The van der Waals surface area contributed by atoms with Crippen LogP contribution >= 0.6 is 0 Å². The second kappa shape index (κ2) is 5.64. The van der Waals surface area contributed by atoms with Crippen molar-refractivity contribution in [2.24, 2.45) is 5.41 Å². The van der Waals surface area contributed by atoms with Crippen molar-refractivity contribution in [1.29, 1.82) is 0 Å². The Morgan fingerprint density at radius 1 is 1.32 bits per heavy atom. The van der Waals surface area contributed by atoms with Crippen LogP contribution in [-0.2, 0) is 4.74 Å². The molecule has 1 fully saturated rings. The van der Waals surface area contributed by atoms with E-state index in [0.29, 0.717) is 5.41 Å². The summed E-state index contributed by atoms with van der Waals surface area (Å²) >= 11 is 0. The number of ether oxygens (including phenoxy) is 1. The first-order valence-electron chi connectivity index (χ1n) is 6.96. The van der Waals surface area contributed by atoms with Gasteiger partial charge in [0.15, 0.2) is 0 Å². The molecular formula is C16H23NO2. The third-order valence-electron chi connectivity index (χ3n) is 3.95. The van der Waals surface area contributed by atoms with Crippen LogP contribution in [0.5, 0.6) is 0 Å². The minimum absolute atomic E-state index is 0.235. The maximum Gasteiger partial charge on any atom is 0.414 e. The van der Waals surface area contributed by atoms with Crippen molar-refractivity contribution < 1.29 is 9.53 Å². The van der Waals surface area contributed by atoms with Gasteiger partial charge in [0.25, 0.3) is 0 Å². The number of rotatable bonds is 2. The highest BCUT2D eigenvalue weighted by Gasteiger charge is 2.34. The molecule has 0 spiro atoms. The molecule has 1 aromatic rings. The van der Waals surface area contributed by atoms with Gasteiger partial charge in [0, 0.05) is 11.7 Å². The number of hydrogen-bond acceptors (Lipinski definition) is 2. The van der Waals surface area contributed by atoms with E-state index < -0.39 is 0 Å². The standard InChI is InChI=1S/C16H23NO2/c1-16(2)11-7-10-14(12-16)17(15(18)19-3)13-8-5-4-6-9-13/h4-6,8-9,14H,7,10-12H2,1-3H3. The van der Waals surface area contributed by atoms with Crippen molar-refractivity contribution >= 4 is 11.8 Å². The van der Waals surface area contributed by atoms with Gasteiger partial charge < -0.3 is 4.74 Å². The molecule has 0 aromatic heterocycles. The molecular weight excluding hydrogens is 238 g/mol. The Labute approximate surface area is 115 Å². The third-order valence-corrected chi connectivity index (χ3v) is 3.95. The van der Waals surface area contributed by atoms with Gasteiger partial charge in [-0.05, 0) is 36.8 Å². The monoisotopic (exact) mass is 261 g/mol. The quantitative estimate of drug-likeness (QED) is 0.797. The lowest BCUT2D eigenvalue weighted by Crippen LogP contribution is -2.44. The molecule has 0 N–H and O–H groups in total. The molecule has 0 bridgehead atoms. The fourth-order valence-corrected chi connectivity index (χ4v) is 3.03. The van der Waals surface area contributed by atoms with Crippen molar-refractivity contribution in [2.75, 3.05) is 12.0 Å². The summed E-state index contributed by atoms with van der Waals surface area (Å²) in [5.41, 5.74) is 1.22. The Morgan fingerprint density at radius 3 is 2.58 bits per heavy atom. The highest BCUT2D eigenvalue weighted by atomic mass is 16.5. The van der Waals surface area contributed by atoms with Crippen LogP contribution in [0.3, 0.4) is 0 Å². The molecule has 0 saturated heterocycles. The second-order valence-corrected chi connectivity index (χ2v) is 6.09. The van der Waals surface area contributed by atoms with E-state index in [2.05, 4.69) is 13.8 Å². The molecule has 1 unspecified atom stereocenters. The summed E-state index contributed by atoms with van der Waals surface area (Å²) in [5, 5.41) is 0. The molecule has 1 aromatic carbocycles. The highest BCUT2D eigenvalue weighted by Crippen LogP contribution is 2.38. The molecule has 1 amide bonds. The minimum atomic E-state index is -0.256. The van der Waals surface area contributed by atoms with Crippen LogP contribution < -0.4 is 4.90 Å². The number of amides is 1. The average Bonchev–Trinajstić information content (AvgIpc) is 2.39. The van der Waals surface area contributed by atoms with Crippen LogP contribution in [-0.4, -0.2) is 19.2 Å². The lowest BCUT2D eigenvalue weighted by atomic mass is 9.74.